The van der Waals surface area contributed by atoms with Crippen molar-refractivity contribution in [2.75, 3.05) is 18.9 Å². The Morgan fingerprint density at radius 1 is 1.35 bits per heavy atom. The molecule has 0 aliphatic heterocycles. The molecule has 0 saturated carbocycles. The van der Waals surface area contributed by atoms with E-state index < -0.39 is 0 Å². The molecule has 1 aromatic carbocycles. The van der Waals surface area contributed by atoms with E-state index in [1.165, 1.54) is 11.8 Å². The summed E-state index contributed by atoms with van der Waals surface area (Å²) in [5.41, 5.74) is 0. The van der Waals surface area contributed by atoms with Crippen LogP contribution in [0.4, 0.5) is 0 Å². The van der Waals surface area contributed by atoms with E-state index >= 15 is 0 Å². The van der Waals surface area contributed by atoms with Gasteiger partial charge in [-0.15, -0.1) is 11.8 Å². The summed E-state index contributed by atoms with van der Waals surface area (Å²) in [4.78, 5) is 12.7. The first-order chi connectivity index (χ1) is 9.65. The second kappa shape index (κ2) is 9.66. The molecule has 0 aliphatic rings. The quantitative estimate of drug-likeness (QED) is 0.687. The molecule has 0 saturated heterocycles. The summed E-state index contributed by atoms with van der Waals surface area (Å²) in [5, 5.41) is 12.2. The fourth-order valence-electron chi connectivity index (χ4n) is 1.58. The molecule has 5 heteroatoms. The van der Waals surface area contributed by atoms with E-state index in [4.69, 9.17) is 4.74 Å². The topological polar surface area (TPSA) is 58.6 Å². The molecule has 1 aromatic rings. The second-order valence-electron chi connectivity index (χ2n) is 4.39. The highest BCUT2D eigenvalue weighted by Crippen LogP contribution is 2.21. The van der Waals surface area contributed by atoms with Gasteiger partial charge in [0, 0.05) is 11.4 Å². The zero-order valence-corrected chi connectivity index (χ0v) is 12.9. The first kappa shape index (κ1) is 16.9. The molecule has 1 rings (SSSR count). The van der Waals surface area contributed by atoms with E-state index in [9.17, 15) is 9.90 Å². The van der Waals surface area contributed by atoms with Crippen LogP contribution in [0.15, 0.2) is 29.2 Å². The number of nitrogens with one attached hydrogen (secondary N) is 1. The lowest BCUT2D eigenvalue weighted by atomic mass is 10.2. The molecule has 112 valence electrons. The smallest absolute Gasteiger partial charge is 0.230 e. The van der Waals surface area contributed by atoms with Gasteiger partial charge in [0.25, 0.3) is 0 Å². The van der Waals surface area contributed by atoms with Crippen LogP contribution in [-0.2, 0) is 4.79 Å². The number of carbonyl (C=O) groups excluding carboxylic acids is 1. The van der Waals surface area contributed by atoms with E-state index in [1.54, 1.807) is 0 Å². The zero-order valence-electron chi connectivity index (χ0n) is 12.1. The van der Waals surface area contributed by atoms with Crippen molar-refractivity contribution in [1.82, 2.24) is 5.32 Å². The number of benzene rings is 1. The van der Waals surface area contributed by atoms with Gasteiger partial charge in [-0.3, -0.25) is 4.79 Å². The van der Waals surface area contributed by atoms with Gasteiger partial charge < -0.3 is 15.2 Å². The molecule has 4 nitrogen and oxygen atoms in total. The van der Waals surface area contributed by atoms with Crippen LogP contribution < -0.4 is 10.1 Å². The highest BCUT2D eigenvalue weighted by atomic mass is 32.2. The largest absolute Gasteiger partial charge is 0.494 e. The van der Waals surface area contributed by atoms with Crippen LogP contribution in [-0.4, -0.2) is 36.0 Å². The first-order valence-electron chi connectivity index (χ1n) is 6.96. The van der Waals surface area contributed by atoms with Crippen LogP contribution in [0, 0.1) is 0 Å². The van der Waals surface area contributed by atoms with Crippen molar-refractivity contribution < 1.29 is 14.6 Å². The minimum atomic E-state index is -0.325. The number of amides is 1. The van der Waals surface area contributed by atoms with Gasteiger partial charge >= 0.3 is 0 Å². The van der Waals surface area contributed by atoms with Crippen molar-refractivity contribution in [2.24, 2.45) is 0 Å². The molecule has 0 heterocycles. The Hall–Kier alpha value is -1.20. The fourth-order valence-corrected chi connectivity index (χ4v) is 2.31. The average molecular weight is 297 g/mol. The maximum atomic E-state index is 11.6. The highest BCUT2D eigenvalue weighted by Gasteiger charge is 2.05. The Balaban J connectivity index is 2.23. The van der Waals surface area contributed by atoms with E-state index in [0.717, 1.165) is 17.1 Å². The third-order valence-electron chi connectivity index (χ3n) is 2.78. The number of rotatable bonds is 9. The second-order valence-corrected chi connectivity index (χ2v) is 5.44. The summed E-state index contributed by atoms with van der Waals surface area (Å²) >= 11 is 1.49. The normalized spacial score (nSPS) is 11.9. The van der Waals surface area contributed by atoms with Gasteiger partial charge in [0.1, 0.15) is 5.75 Å². The molecule has 0 fully saturated rings. The van der Waals surface area contributed by atoms with Gasteiger partial charge in [-0.05, 0) is 44.0 Å². The zero-order chi connectivity index (χ0) is 14.8. The van der Waals surface area contributed by atoms with Gasteiger partial charge in [0.05, 0.1) is 18.5 Å². The molecule has 0 aliphatic carbocycles. The Kier molecular flexibility index (Phi) is 8.14. The lowest BCUT2D eigenvalue weighted by Crippen LogP contribution is -2.28. The van der Waals surface area contributed by atoms with Crippen molar-refractivity contribution in [3.63, 3.8) is 0 Å². The number of aliphatic hydroxyl groups is 1. The molecule has 1 atom stereocenters. The van der Waals surface area contributed by atoms with Crippen LogP contribution in [0.3, 0.4) is 0 Å². The number of thioether (sulfide) groups is 1. The van der Waals surface area contributed by atoms with Gasteiger partial charge in [0.2, 0.25) is 5.91 Å². The summed E-state index contributed by atoms with van der Waals surface area (Å²) in [6.07, 6.45) is 1.00. The molecule has 1 amide bonds. The maximum Gasteiger partial charge on any atom is 0.230 e. The lowest BCUT2D eigenvalue weighted by molar-refractivity contribution is -0.118. The molecule has 0 spiro atoms. The first-order valence-corrected chi connectivity index (χ1v) is 7.94. The summed E-state index contributed by atoms with van der Waals surface area (Å²) in [6, 6.07) is 7.70. The van der Waals surface area contributed by atoms with Crippen molar-refractivity contribution in [1.29, 1.82) is 0 Å². The molecular weight excluding hydrogens is 274 g/mol. The van der Waals surface area contributed by atoms with Gasteiger partial charge in [-0.2, -0.15) is 0 Å². The standard InChI is InChI=1S/C15H23NO3S/c1-3-12(17)9-10-16-15(18)11-20-14-7-5-13(6-8-14)19-4-2/h5-8,12,17H,3-4,9-11H2,1-2H3,(H,16,18). The van der Waals surface area contributed by atoms with Crippen LogP contribution in [0.25, 0.3) is 0 Å². The Labute approximate surface area is 124 Å². The summed E-state index contributed by atoms with van der Waals surface area (Å²) in [6.45, 7) is 5.05. The lowest BCUT2D eigenvalue weighted by Gasteiger charge is -2.09. The Bertz CT molecular complexity index is 395. The third kappa shape index (κ3) is 6.82. The van der Waals surface area contributed by atoms with Gasteiger partial charge in [-0.25, -0.2) is 0 Å². The number of aliphatic hydroxyl groups excluding tert-OH is 1. The number of hydrogen-bond acceptors (Lipinski definition) is 4. The number of carbonyl (C=O) groups is 1. The Morgan fingerprint density at radius 2 is 2.05 bits per heavy atom. The van der Waals surface area contributed by atoms with E-state index in [0.29, 0.717) is 25.3 Å². The van der Waals surface area contributed by atoms with Crippen LogP contribution in [0.2, 0.25) is 0 Å². The minimum absolute atomic E-state index is 0.00723. The van der Waals surface area contributed by atoms with Crippen molar-refractivity contribution >= 4 is 17.7 Å². The SMILES string of the molecule is CCOc1ccc(SCC(=O)NCCC(O)CC)cc1. The molecular formula is C15H23NO3S. The van der Waals surface area contributed by atoms with E-state index in [-0.39, 0.29) is 12.0 Å². The van der Waals surface area contributed by atoms with E-state index in [1.807, 2.05) is 38.1 Å². The molecule has 0 radical (unpaired) electrons. The highest BCUT2D eigenvalue weighted by molar-refractivity contribution is 8.00. The molecule has 1 unspecified atom stereocenters. The molecule has 20 heavy (non-hydrogen) atoms. The average Bonchev–Trinajstić information content (AvgIpc) is 2.46. The molecule has 0 bridgehead atoms. The van der Waals surface area contributed by atoms with Crippen molar-refractivity contribution in [3.8, 4) is 5.75 Å². The Morgan fingerprint density at radius 3 is 2.65 bits per heavy atom. The van der Waals surface area contributed by atoms with Gasteiger partial charge in [-0.1, -0.05) is 6.92 Å². The van der Waals surface area contributed by atoms with Crippen molar-refractivity contribution in [2.45, 2.75) is 37.7 Å². The third-order valence-corrected chi connectivity index (χ3v) is 3.79. The number of hydrogen-bond donors (Lipinski definition) is 2. The van der Waals surface area contributed by atoms with E-state index in [2.05, 4.69) is 5.32 Å². The minimum Gasteiger partial charge on any atom is -0.494 e. The fraction of sp³-hybridized carbons (Fsp3) is 0.533. The van der Waals surface area contributed by atoms with Crippen molar-refractivity contribution in [3.05, 3.63) is 24.3 Å². The summed E-state index contributed by atoms with van der Waals surface area (Å²) in [7, 11) is 0. The summed E-state index contributed by atoms with van der Waals surface area (Å²) in [5.74, 6) is 1.22. The predicted octanol–water partition coefficient (Wildman–Crippen LogP) is 2.45. The van der Waals surface area contributed by atoms with Crippen LogP contribution in [0.1, 0.15) is 26.7 Å². The number of ether oxygens (including phenoxy) is 1. The van der Waals surface area contributed by atoms with Crippen LogP contribution >= 0.6 is 11.8 Å². The van der Waals surface area contributed by atoms with Gasteiger partial charge in [0.15, 0.2) is 0 Å². The van der Waals surface area contributed by atoms with Crippen LogP contribution in [0.5, 0.6) is 5.75 Å². The molecule has 2 N–H and O–H groups in total. The predicted molar refractivity (Wildman–Crippen MR) is 82.3 cm³/mol. The maximum absolute atomic E-state index is 11.6. The molecule has 0 aromatic heterocycles. The monoisotopic (exact) mass is 297 g/mol. The summed E-state index contributed by atoms with van der Waals surface area (Å²) < 4.78 is 5.36.